The largest absolute Gasteiger partial charge is 0.487 e. The Morgan fingerprint density at radius 3 is 2.45 bits per heavy atom. The second kappa shape index (κ2) is 8.53. The van der Waals surface area contributed by atoms with E-state index in [9.17, 15) is 10.1 Å². The molecule has 4 aromatic rings. The van der Waals surface area contributed by atoms with Gasteiger partial charge in [-0.15, -0.1) is 11.3 Å². The van der Waals surface area contributed by atoms with Crippen molar-refractivity contribution in [2.24, 2.45) is 0 Å². The van der Waals surface area contributed by atoms with Crippen LogP contribution < -0.4 is 10.1 Å². The number of ether oxygens (including phenoxy) is 1. The summed E-state index contributed by atoms with van der Waals surface area (Å²) < 4.78 is 5.97. The SMILES string of the molecule is O=[N+]([O-])c1ccc(-c2csc(Nc3ccccc3OCc3ccccc3)n2)cc1. The van der Waals surface area contributed by atoms with Crippen LogP contribution in [0.2, 0.25) is 0 Å². The van der Waals surface area contributed by atoms with Gasteiger partial charge in [0.1, 0.15) is 12.4 Å². The molecule has 0 saturated carbocycles. The van der Waals surface area contributed by atoms with E-state index in [4.69, 9.17) is 4.74 Å². The molecule has 0 spiro atoms. The van der Waals surface area contributed by atoms with E-state index in [1.807, 2.05) is 60.0 Å². The molecule has 7 heteroatoms. The maximum absolute atomic E-state index is 10.8. The summed E-state index contributed by atoms with van der Waals surface area (Å²) in [5, 5.41) is 16.7. The Morgan fingerprint density at radius 2 is 1.69 bits per heavy atom. The molecule has 4 rings (SSSR count). The monoisotopic (exact) mass is 403 g/mol. The van der Waals surface area contributed by atoms with Gasteiger partial charge >= 0.3 is 0 Å². The molecule has 3 aromatic carbocycles. The minimum Gasteiger partial charge on any atom is -0.487 e. The van der Waals surface area contributed by atoms with Gasteiger partial charge < -0.3 is 10.1 Å². The molecule has 0 saturated heterocycles. The summed E-state index contributed by atoms with van der Waals surface area (Å²) in [5.41, 5.74) is 3.57. The van der Waals surface area contributed by atoms with Crippen LogP contribution in [0.3, 0.4) is 0 Å². The maximum Gasteiger partial charge on any atom is 0.269 e. The third kappa shape index (κ3) is 4.59. The number of aromatic nitrogens is 1. The van der Waals surface area contributed by atoms with E-state index in [1.165, 1.54) is 23.5 Å². The Morgan fingerprint density at radius 1 is 0.966 bits per heavy atom. The van der Waals surface area contributed by atoms with Crippen LogP contribution in [0.1, 0.15) is 5.56 Å². The number of benzene rings is 3. The molecule has 0 aliphatic carbocycles. The number of hydrogen-bond donors (Lipinski definition) is 1. The smallest absolute Gasteiger partial charge is 0.269 e. The van der Waals surface area contributed by atoms with Gasteiger partial charge in [-0.2, -0.15) is 0 Å². The Kier molecular flexibility index (Phi) is 5.49. The van der Waals surface area contributed by atoms with E-state index in [0.717, 1.165) is 28.3 Å². The number of thiazole rings is 1. The first kappa shape index (κ1) is 18.6. The van der Waals surface area contributed by atoms with Gasteiger partial charge in [0.15, 0.2) is 5.13 Å². The van der Waals surface area contributed by atoms with Crippen LogP contribution in [0.4, 0.5) is 16.5 Å². The van der Waals surface area contributed by atoms with Crippen LogP contribution in [-0.2, 0) is 6.61 Å². The van der Waals surface area contributed by atoms with Gasteiger partial charge in [0.25, 0.3) is 5.69 Å². The molecule has 1 aromatic heterocycles. The molecule has 0 aliphatic rings. The first-order valence-electron chi connectivity index (χ1n) is 8.92. The lowest BCUT2D eigenvalue weighted by Gasteiger charge is -2.11. The third-order valence-electron chi connectivity index (χ3n) is 4.24. The fraction of sp³-hybridized carbons (Fsp3) is 0.0455. The number of nitrogens with zero attached hydrogens (tertiary/aromatic N) is 2. The van der Waals surface area contributed by atoms with Gasteiger partial charge in [-0.05, 0) is 29.8 Å². The van der Waals surface area contributed by atoms with E-state index in [-0.39, 0.29) is 5.69 Å². The zero-order valence-corrected chi connectivity index (χ0v) is 16.1. The van der Waals surface area contributed by atoms with Gasteiger partial charge in [0.05, 0.1) is 16.3 Å². The lowest BCUT2D eigenvalue weighted by atomic mass is 10.1. The molecule has 6 nitrogen and oxygen atoms in total. The minimum absolute atomic E-state index is 0.0619. The fourth-order valence-corrected chi connectivity index (χ4v) is 3.50. The zero-order valence-electron chi connectivity index (χ0n) is 15.3. The number of anilines is 2. The fourth-order valence-electron chi connectivity index (χ4n) is 2.76. The lowest BCUT2D eigenvalue weighted by Crippen LogP contribution is -1.99. The van der Waals surface area contributed by atoms with E-state index in [0.29, 0.717) is 11.7 Å². The van der Waals surface area contributed by atoms with E-state index in [1.54, 1.807) is 12.1 Å². The van der Waals surface area contributed by atoms with Gasteiger partial charge in [-0.1, -0.05) is 42.5 Å². The number of para-hydroxylation sites is 2. The van der Waals surface area contributed by atoms with Crippen molar-refractivity contribution in [2.45, 2.75) is 6.61 Å². The predicted octanol–water partition coefficient (Wildman–Crippen LogP) is 6.04. The number of nitrogens with one attached hydrogen (secondary N) is 1. The zero-order chi connectivity index (χ0) is 20.1. The highest BCUT2D eigenvalue weighted by Gasteiger charge is 2.10. The first-order valence-corrected chi connectivity index (χ1v) is 9.80. The van der Waals surface area contributed by atoms with Crippen LogP contribution in [0.25, 0.3) is 11.3 Å². The van der Waals surface area contributed by atoms with Gasteiger partial charge in [-0.25, -0.2) is 4.98 Å². The van der Waals surface area contributed by atoms with Gasteiger partial charge in [0.2, 0.25) is 0 Å². The number of hydrogen-bond acceptors (Lipinski definition) is 6. The highest BCUT2D eigenvalue weighted by atomic mass is 32.1. The molecule has 0 atom stereocenters. The maximum atomic E-state index is 10.8. The summed E-state index contributed by atoms with van der Waals surface area (Å²) in [6, 6.07) is 24.1. The summed E-state index contributed by atoms with van der Waals surface area (Å²) in [6.07, 6.45) is 0. The van der Waals surface area contributed by atoms with E-state index >= 15 is 0 Å². The second-order valence-electron chi connectivity index (χ2n) is 6.24. The van der Waals surface area contributed by atoms with Crippen LogP contribution in [0.15, 0.2) is 84.2 Å². The highest BCUT2D eigenvalue weighted by molar-refractivity contribution is 7.14. The number of rotatable bonds is 7. The van der Waals surface area contributed by atoms with Crippen LogP contribution in [-0.4, -0.2) is 9.91 Å². The molecular formula is C22H17N3O3S. The Hall–Kier alpha value is -3.71. The van der Waals surface area contributed by atoms with Crippen molar-refractivity contribution in [1.82, 2.24) is 4.98 Å². The average molecular weight is 403 g/mol. The Balaban J connectivity index is 1.48. The van der Waals surface area contributed by atoms with Crippen molar-refractivity contribution in [3.63, 3.8) is 0 Å². The van der Waals surface area contributed by atoms with E-state index < -0.39 is 4.92 Å². The molecule has 1 heterocycles. The summed E-state index contributed by atoms with van der Waals surface area (Å²) >= 11 is 1.46. The summed E-state index contributed by atoms with van der Waals surface area (Å²) in [5.74, 6) is 0.739. The third-order valence-corrected chi connectivity index (χ3v) is 5.00. The molecule has 0 aliphatic heterocycles. The van der Waals surface area contributed by atoms with Crippen LogP contribution in [0, 0.1) is 10.1 Å². The Labute approximate surface area is 171 Å². The Bertz CT molecular complexity index is 1110. The average Bonchev–Trinajstić information content (AvgIpc) is 3.22. The summed E-state index contributed by atoms with van der Waals surface area (Å²) in [4.78, 5) is 15.0. The van der Waals surface area contributed by atoms with Crippen molar-refractivity contribution in [3.05, 3.63) is 99.9 Å². The summed E-state index contributed by atoms with van der Waals surface area (Å²) in [7, 11) is 0. The molecule has 0 radical (unpaired) electrons. The number of nitro benzene ring substituents is 1. The normalized spacial score (nSPS) is 10.5. The predicted molar refractivity (Wildman–Crippen MR) is 115 cm³/mol. The van der Waals surface area contributed by atoms with Crippen molar-refractivity contribution in [3.8, 4) is 17.0 Å². The molecule has 0 bridgehead atoms. The second-order valence-corrected chi connectivity index (χ2v) is 7.10. The quantitative estimate of drug-likeness (QED) is 0.301. The highest BCUT2D eigenvalue weighted by Crippen LogP contribution is 2.32. The lowest BCUT2D eigenvalue weighted by molar-refractivity contribution is -0.384. The van der Waals surface area contributed by atoms with Crippen molar-refractivity contribution in [2.75, 3.05) is 5.32 Å². The molecule has 1 N–H and O–H groups in total. The number of nitro groups is 1. The van der Waals surface area contributed by atoms with Gasteiger partial charge in [0, 0.05) is 23.1 Å². The standard InChI is InChI=1S/C22H17N3O3S/c26-25(27)18-12-10-17(11-13-18)20-15-29-22(24-20)23-19-8-4-5-9-21(19)28-14-16-6-2-1-3-7-16/h1-13,15H,14H2,(H,23,24). The molecule has 0 amide bonds. The molecule has 0 unspecified atom stereocenters. The van der Waals surface area contributed by atoms with Crippen LogP contribution >= 0.6 is 11.3 Å². The molecule has 144 valence electrons. The minimum atomic E-state index is -0.413. The molecular weight excluding hydrogens is 386 g/mol. The summed E-state index contributed by atoms with van der Waals surface area (Å²) in [6.45, 7) is 0.478. The number of non-ortho nitro benzene ring substituents is 1. The first-order chi connectivity index (χ1) is 14.2. The molecule has 0 fully saturated rings. The molecule has 29 heavy (non-hydrogen) atoms. The van der Waals surface area contributed by atoms with Crippen molar-refractivity contribution in [1.29, 1.82) is 0 Å². The van der Waals surface area contributed by atoms with E-state index in [2.05, 4.69) is 10.3 Å². The van der Waals surface area contributed by atoms with Crippen LogP contribution in [0.5, 0.6) is 5.75 Å². The van der Waals surface area contributed by atoms with Gasteiger partial charge in [-0.3, -0.25) is 10.1 Å². The topological polar surface area (TPSA) is 77.3 Å². The van der Waals surface area contributed by atoms with Crippen molar-refractivity contribution >= 4 is 27.8 Å². The van der Waals surface area contributed by atoms with Crippen molar-refractivity contribution < 1.29 is 9.66 Å².